The molecule has 1 atom stereocenters. The highest BCUT2D eigenvalue weighted by Crippen LogP contribution is 2.28. The maximum atomic E-state index is 12.3. The van der Waals surface area contributed by atoms with Crippen LogP contribution in [0.25, 0.3) is 11.1 Å². The molecule has 0 aromatic heterocycles. The van der Waals surface area contributed by atoms with Gasteiger partial charge in [-0.1, -0.05) is 73.9 Å². The Balaban J connectivity index is 0.000000558. The highest BCUT2D eigenvalue weighted by molar-refractivity contribution is 5.80. The molecular weight excluding hydrogens is 456 g/mol. The molecule has 1 amide bonds. The maximum Gasteiger partial charge on any atom is 0.408 e. The Morgan fingerprint density at radius 2 is 1.50 bits per heavy atom. The summed E-state index contributed by atoms with van der Waals surface area (Å²) in [7, 11) is 0. The monoisotopic (exact) mass is 498 g/mol. The first-order valence-corrected chi connectivity index (χ1v) is 12.7. The van der Waals surface area contributed by atoms with Crippen LogP contribution in [0.4, 0.5) is 4.79 Å². The zero-order valence-corrected chi connectivity index (χ0v) is 22.3. The van der Waals surface area contributed by atoms with Gasteiger partial charge in [0, 0.05) is 6.04 Å². The fourth-order valence-electron chi connectivity index (χ4n) is 3.80. The number of amides is 1. The van der Waals surface area contributed by atoms with Crippen molar-refractivity contribution in [3.05, 3.63) is 60.2 Å². The largest absolute Gasteiger partial charge is 0.480 e. The fourth-order valence-corrected chi connectivity index (χ4v) is 3.80. The summed E-state index contributed by atoms with van der Waals surface area (Å²) in [6, 6.07) is 17.0. The molecule has 0 unspecified atom stereocenters. The van der Waals surface area contributed by atoms with E-state index in [-0.39, 0.29) is 6.61 Å². The van der Waals surface area contributed by atoms with E-state index in [2.05, 4.69) is 5.32 Å². The van der Waals surface area contributed by atoms with Crippen LogP contribution in [0.1, 0.15) is 72.3 Å². The molecule has 4 N–H and O–H groups in total. The van der Waals surface area contributed by atoms with Gasteiger partial charge >= 0.3 is 12.1 Å². The van der Waals surface area contributed by atoms with Crippen LogP contribution < -0.4 is 11.1 Å². The van der Waals surface area contributed by atoms with Gasteiger partial charge in [0.2, 0.25) is 0 Å². The van der Waals surface area contributed by atoms with Crippen LogP contribution in [0, 0.1) is 0 Å². The molecule has 36 heavy (non-hydrogen) atoms. The van der Waals surface area contributed by atoms with E-state index in [1.165, 1.54) is 32.1 Å². The molecule has 3 rings (SSSR count). The molecule has 0 aliphatic heterocycles. The molecule has 1 aliphatic rings. The number of carbonyl (C=O) groups is 2. The molecule has 198 valence electrons. The molecule has 2 aromatic rings. The average Bonchev–Trinajstić information content (AvgIpc) is 2.82. The number of aliphatic carboxylic acids is 1. The van der Waals surface area contributed by atoms with Gasteiger partial charge in [-0.05, 0) is 64.2 Å². The van der Waals surface area contributed by atoms with Gasteiger partial charge in [0.05, 0.1) is 12.2 Å². The number of nitrogens with one attached hydrogen (secondary N) is 1. The molecule has 0 saturated heterocycles. The van der Waals surface area contributed by atoms with Crippen LogP contribution in [0.3, 0.4) is 0 Å². The van der Waals surface area contributed by atoms with Crippen LogP contribution >= 0.6 is 0 Å². The van der Waals surface area contributed by atoms with Crippen molar-refractivity contribution in [1.82, 2.24) is 5.32 Å². The Kier molecular flexibility index (Phi) is 10.9. The van der Waals surface area contributed by atoms with E-state index < -0.39 is 29.3 Å². The van der Waals surface area contributed by atoms with Gasteiger partial charge in [-0.25, -0.2) is 9.59 Å². The number of ether oxygens (including phenoxy) is 2. The molecule has 2 aromatic carbocycles. The second kappa shape index (κ2) is 13.4. The number of nitrogens with two attached hydrogens (primary N) is 1. The minimum Gasteiger partial charge on any atom is -0.480 e. The summed E-state index contributed by atoms with van der Waals surface area (Å²) >= 11 is 0. The molecule has 1 saturated carbocycles. The van der Waals surface area contributed by atoms with Crippen LogP contribution in [-0.2, 0) is 19.9 Å². The van der Waals surface area contributed by atoms with Gasteiger partial charge in [0.25, 0.3) is 0 Å². The topological polar surface area (TPSA) is 111 Å². The first-order valence-electron chi connectivity index (χ1n) is 12.7. The van der Waals surface area contributed by atoms with E-state index in [4.69, 9.17) is 15.2 Å². The lowest BCUT2D eigenvalue weighted by Crippen LogP contribution is -2.47. The molecule has 7 nitrogen and oxygen atoms in total. The van der Waals surface area contributed by atoms with Gasteiger partial charge in [-0.3, -0.25) is 0 Å². The fraction of sp³-hybridized carbons (Fsp3) is 0.517. The van der Waals surface area contributed by atoms with Crippen LogP contribution in [-0.4, -0.2) is 41.5 Å². The van der Waals surface area contributed by atoms with Gasteiger partial charge < -0.3 is 25.6 Å². The summed E-state index contributed by atoms with van der Waals surface area (Å²) in [6.07, 6.45) is 5.85. The van der Waals surface area contributed by atoms with Crippen molar-refractivity contribution in [2.75, 3.05) is 6.61 Å². The van der Waals surface area contributed by atoms with Crippen molar-refractivity contribution in [3.63, 3.8) is 0 Å². The number of alkyl carbamates (subject to hydrolysis) is 1. The zero-order chi connectivity index (χ0) is 26.8. The lowest BCUT2D eigenvalue weighted by atomic mass is 9.95. The van der Waals surface area contributed by atoms with Crippen LogP contribution in [0.5, 0.6) is 0 Å². The molecule has 0 heterocycles. The summed E-state index contributed by atoms with van der Waals surface area (Å²) in [5, 5.41) is 11.7. The Bertz CT molecular complexity index is 946. The minimum absolute atomic E-state index is 0.153. The second-order valence-electron chi connectivity index (χ2n) is 10.7. The predicted octanol–water partition coefficient (Wildman–Crippen LogP) is 5.86. The summed E-state index contributed by atoms with van der Waals surface area (Å²) in [4.78, 5) is 23.7. The third-order valence-corrected chi connectivity index (χ3v) is 5.96. The standard InChI is InChI=1S/C23H29NO5.C6H13N/c1-22(2,3)28-15-19(20(25)26)24-21(27)29-23(4,5)18-13-11-17(12-14-18)16-9-7-6-8-10-16;7-6-4-2-1-3-5-6/h6-14,19H,15H2,1-5H3,(H,24,27)(H,25,26);6H,1-5,7H2/t19-;/m1./s1. The molecular formula is C29H42N2O5. The number of carboxylic acids is 1. The van der Waals surface area contributed by atoms with Crippen LogP contribution in [0.2, 0.25) is 0 Å². The highest BCUT2D eigenvalue weighted by atomic mass is 16.6. The Morgan fingerprint density at radius 3 is 1.97 bits per heavy atom. The van der Waals surface area contributed by atoms with Crippen molar-refractivity contribution >= 4 is 12.1 Å². The van der Waals surface area contributed by atoms with Gasteiger partial charge in [0.15, 0.2) is 6.04 Å². The van der Waals surface area contributed by atoms with Gasteiger partial charge in [-0.15, -0.1) is 0 Å². The Morgan fingerprint density at radius 1 is 0.944 bits per heavy atom. The third-order valence-electron chi connectivity index (χ3n) is 5.96. The number of carbonyl (C=O) groups excluding carboxylic acids is 1. The van der Waals surface area contributed by atoms with Gasteiger partial charge in [-0.2, -0.15) is 0 Å². The van der Waals surface area contributed by atoms with Crippen molar-refractivity contribution in [1.29, 1.82) is 0 Å². The molecule has 1 aliphatic carbocycles. The lowest BCUT2D eigenvalue weighted by Gasteiger charge is -2.28. The normalized spacial score (nSPS) is 15.3. The molecule has 0 spiro atoms. The van der Waals surface area contributed by atoms with E-state index in [1.54, 1.807) is 13.8 Å². The van der Waals surface area contributed by atoms with Crippen LogP contribution in [0.15, 0.2) is 54.6 Å². The van der Waals surface area contributed by atoms with E-state index in [9.17, 15) is 14.7 Å². The number of carboxylic acid groups (broad SMARTS) is 1. The SMILES string of the molecule is CC(C)(C)OC[C@@H](NC(=O)OC(C)(C)c1ccc(-c2ccccc2)cc1)C(=O)O.NC1CCCCC1. The van der Waals surface area contributed by atoms with Gasteiger partial charge in [0.1, 0.15) is 5.60 Å². The quantitative estimate of drug-likeness (QED) is 0.441. The molecule has 1 fully saturated rings. The van der Waals surface area contributed by atoms with Crippen molar-refractivity contribution < 1.29 is 24.2 Å². The minimum atomic E-state index is -1.20. The summed E-state index contributed by atoms with van der Waals surface area (Å²) < 4.78 is 11.0. The first kappa shape index (κ1) is 29.3. The first-order chi connectivity index (χ1) is 16.9. The zero-order valence-electron chi connectivity index (χ0n) is 22.3. The molecule has 7 heteroatoms. The molecule has 0 bridgehead atoms. The summed E-state index contributed by atoms with van der Waals surface area (Å²) in [5.74, 6) is -1.18. The van der Waals surface area contributed by atoms with E-state index >= 15 is 0 Å². The number of benzene rings is 2. The van der Waals surface area contributed by atoms with Crippen molar-refractivity contribution in [3.8, 4) is 11.1 Å². The second-order valence-corrected chi connectivity index (χ2v) is 10.7. The Labute approximate surface area is 215 Å². The Hall–Kier alpha value is -2.90. The number of hydrogen-bond acceptors (Lipinski definition) is 5. The smallest absolute Gasteiger partial charge is 0.408 e. The summed E-state index contributed by atoms with van der Waals surface area (Å²) in [5.41, 5.74) is 7.13. The molecule has 0 radical (unpaired) electrons. The number of rotatable bonds is 7. The third kappa shape index (κ3) is 10.4. The highest BCUT2D eigenvalue weighted by Gasteiger charge is 2.29. The average molecular weight is 499 g/mol. The van der Waals surface area contributed by atoms with Crippen molar-refractivity contribution in [2.24, 2.45) is 5.73 Å². The van der Waals surface area contributed by atoms with Crippen molar-refractivity contribution in [2.45, 2.75) is 90.0 Å². The van der Waals surface area contributed by atoms with E-state index in [1.807, 2.05) is 75.4 Å². The van der Waals surface area contributed by atoms with E-state index in [0.29, 0.717) is 6.04 Å². The maximum absolute atomic E-state index is 12.3. The summed E-state index contributed by atoms with van der Waals surface area (Å²) in [6.45, 7) is 8.79. The lowest BCUT2D eigenvalue weighted by molar-refractivity contribution is -0.142. The predicted molar refractivity (Wildman–Crippen MR) is 143 cm³/mol. The van der Waals surface area contributed by atoms with E-state index in [0.717, 1.165) is 16.7 Å². The number of hydrogen-bond donors (Lipinski definition) is 3.